The standard InChI is InChI=1S/C22H18N2O6/c1-23-17-14-28-24(20(17)26)22(13-12-18(25)30-22)21(27)29-19(15-8-4-2-5-9-15)16-10-6-3-7-11-16/h2-11,17,19H,12-14H2/t17-,22?/m0/s1. The highest BCUT2D eigenvalue weighted by molar-refractivity contribution is 5.93. The fourth-order valence-electron chi connectivity index (χ4n) is 3.50. The molecule has 0 aliphatic carbocycles. The van der Waals surface area contributed by atoms with Crippen LogP contribution in [0.25, 0.3) is 4.85 Å². The van der Waals surface area contributed by atoms with Crippen LogP contribution in [0.4, 0.5) is 0 Å². The minimum absolute atomic E-state index is 0.0771. The second kappa shape index (κ2) is 7.97. The predicted molar refractivity (Wildman–Crippen MR) is 102 cm³/mol. The van der Waals surface area contributed by atoms with Gasteiger partial charge in [0.25, 0.3) is 0 Å². The predicted octanol–water partition coefficient (Wildman–Crippen LogP) is 2.41. The molecule has 0 spiro atoms. The van der Waals surface area contributed by atoms with Crippen molar-refractivity contribution >= 4 is 17.8 Å². The lowest BCUT2D eigenvalue weighted by Crippen LogP contribution is -2.56. The lowest BCUT2D eigenvalue weighted by Gasteiger charge is -2.33. The van der Waals surface area contributed by atoms with Gasteiger partial charge in [0.2, 0.25) is 0 Å². The summed E-state index contributed by atoms with van der Waals surface area (Å²) in [4.78, 5) is 46.3. The molecule has 2 aliphatic rings. The van der Waals surface area contributed by atoms with Gasteiger partial charge < -0.3 is 14.3 Å². The SMILES string of the molecule is [C-]#[N+][C@H]1CON(C2(C(=O)OC(c3ccccc3)c3ccccc3)CCC(=O)O2)C1=O. The molecule has 2 heterocycles. The molecule has 8 heteroatoms. The maximum absolute atomic E-state index is 13.3. The first-order valence-corrected chi connectivity index (χ1v) is 9.41. The topological polar surface area (TPSA) is 86.5 Å². The molecule has 0 radical (unpaired) electrons. The summed E-state index contributed by atoms with van der Waals surface area (Å²) in [5.41, 5.74) is -0.622. The van der Waals surface area contributed by atoms with E-state index in [9.17, 15) is 14.4 Å². The van der Waals surface area contributed by atoms with Gasteiger partial charge in [0.15, 0.2) is 12.7 Å². The molecule has 30 heavy (non-hydrogen) atoms. The van der Waals surface area contributed by atoms with Crippen LogP contribution >= 0.6 is 0 Å². The van der Waals surface area contributed by atoms with Gasteiger partial charge in [0, 0.05) is 6.42 Å². The second-order valence-corrected chi connectivity index (χ2v) is 6.94. The van der Waals surface area contributed by atoms with Crippen molar-refractivity contribution in [3.05, 3.63) is 83.2 Å². The summed E-state index contributed by atoms with van der Waals surface area (Å²) in [7, 11) is 0. The highest BCUT2D eigenvalue weighted by Gasteiger charge is 2.61. The van der Waals surface area contributed by atoms with E-state index in [1.165, 1.54) is 0 Å². The summed E-state index contributed by atoms with van der Waals surface area (Å²) < 4.78 is 11.1. The van der Waals surface area contributed by atoms with Crippen LogP contribution in [0, 0.1) is 6.57 Å². The molecule has 1 amide bonds. The molecule has 0 aromatic heterocycles. The lowest BCUT2D eigenvalue weighted by atomic mass is 10.0. The molecule has 2 fully saturated rings. The number of benzene rings is 2. The van der Waals surface area contributed by atoms with Crippen LogP contribution in [0.15, 0.2) is 60.7 Å². The molecule has 2 aliphatic heterocycles. The number of esters is 2. The molecule has 152 valence electrons. The Bertz CT molecular complexity index is 964. The normalized spacial score (nSPS) is 23.3. The van der Waals surface area contributed by atoms with E-state index in [1.807, 2.05) is 60.7 Å². The Morgan fingerprint density at radius 3 is 2.17 bits per heavy atom. The molecule has 2 aromatic carbocycles. The van der Waals surface area contributed by atoms with Crippen molar-refractivity contribution in [2.75, 3.05) is 6.61 Å². The molecule has 0 N–H and O–H groups in total. The zero-order valence-corrected chi connectivity index (χ0v) is 15.9. The van der Waals surface area contributed by atoms with Gasteiger partial charge in [0.1, 0.15) is 0 Å². The Balaban J connectivity index is 1.68. The quantitative estimate of drug-likeness (QED) is 0.560. The third-order valence-corrected chi connectivity index (χ3v) is 5.03. The Morgan fingerprint density at radius 1 is 1.10 bits per heavy atom. The minimum atomic E-state index is -2.05. The van der Waals surface area contributed by atoms with E-state index >= 15 is 0 Å². The van der Waals surface area contributed by atoms with Gasteiger partial charge in [-0.25, -0.2) is 11.4 Å². The number of rotatable bonds is 5. The number of amides is 1. The highest BCUT2D eigenvalue weighted by atomic mass is 16.8. The summed E-state index contributed by atoms with van der Waals surface area (Å²) in [6.45, 7) is 6.90. The number of ether oxygens (including phenoxy) is 2. The zero-order chi connectivity index (χ0) is 21.1. The van der Waals surface area contributed by atoms with E-state index in [0.29, 0.717) is 16.2 Å². The number of carbonyl (C=O) groups is 3. The number of hydrogen-bond donors (Lipinski definition) is 0. The first kappa shape index (κ1) is 19.6. The summed E-state index contributed by atoms with van der Waals surface area (Å²) in [5.74, 6) is -2.30. The molecule has 2 atom stereocenters. The van der Waals surface area contributed by atoms with E-state index in [0.717, 1.165) is 0 Å². The zero-order valence-electron chi connectivity index (χ0n) is 15.9. The van der Waals surface area contributed by atoms with Crippen molar-refractivity contribution in [1.82, 2.24) is 5.06 Å². The maximum Gasteiger partial charge on any atom is 0.376 e. The van der Waals surface area contributed by atoms with Crippen molar-refractivity contribution < 1.29 is 28.7 Å². The first-order chi connectivity index (χ1) is 14.5. The molecule has 8 nitrogen and oxygen atoms in total. The Kier molecular flexibility index (Phi) is 5.21. The van der Waals surface area contributed by atoms with Gasteiger partial charge in [-0.3, -0.25) is 14.4 Å². The van der Waals surface area contributed by atoms with Crippen molar-refractivity contribution in [3.8, 4) is 0 Å². The van der Waals surface area contributed by atoms with Crippen LogP contribution < -0.4 is 0 Å². The second-order valence-electron chi connectivity index (χ2n) is 6.94. The van der Waals surface area contributed by atoms with E-state index in [4.69, 9.17) is 20.9 Å². The molecular weight excluding hydrogens is 388 g/mol. The Labute approximate surface area is 172 Å². The summed E-state index contributed by atoms with van der Waals surface area (Å²) >= 11 is 0. The number of carbonyl (C=O) groups excluding carboxylic acids is 3. The van der Waals surface area contributed by atoms with E-state index in [2.05, 4.69) is 4.85 Å². The third-order valence-electron chi connectivity index (χ3n) is 5.03. The number of hydroxylamine groups is 2. The van der Waals surface area contributed by atoms with Gasteiger partial charge in [-0.15, -0.1) is 0 Å². The van der Waals surface area contributed by atoms with Gasteiger partial charge in [-0.05, 0) is 11.1 Å². The summed E-state index contributed by atoms with van der Waals surface area (Å²) in [6.07, 6.45) is -0.977. The molecule has 4 rings (SSSR count). The monoisotopic (exact) mass is 406 g/mol. The van der Waals surface area contributed by atoms with Crippen molar-refractivity contribution in [1.29, 1.82) is 0 Å². The minimum Gasteiger partial charge on any atom is -0.448 e. The van der Waals surface area contributed by atoms with Crippen LogP contribution in [0.2, 0.25) is 0 Å². The van der Waals surface area contributed by atoms with E-state index in [-0.39, 0.29) is 19.4 Å². The summed E-state index contributed by atoms with van der Waals surface area (Å²) in [6, 6.07) is 17.1. The molecule has 2 saturated heterocycles. The van der Waals surface area contributed by atoms with Gasteiger partial charge in [-0.1, -0.05) is 60.7 Å². The van der Waals surface area contributed by atoms with Crippen molar-refractivity contribution in [2.24, 2.45) is 0 Å². The summed E-state index contributed by atoms with van der Waals surface area (Å²) in [5, 5.41) is 0.704. The number of cyclic esters (lactones) is 1. The van der Waals surface area contributed by atoms with Crippen LogP contribution in [0.3, 0.4) is 0 Å². The largest absolute Gasteiger partial charge is 0.448 e. The maximum atomic E-state index is 13.3. The van der Waals surface area contributed by atoms with Crippen LogP contribution in [-0.4, -0.2) is 41.3 Å². The number of hydrogen-bond acceptors (Lipinski definition) is 6. The average Bonchev–Trinajstić information content (AvgIpc) is 3.36. The molecule has 0 bridgehead atoms. The van der Waals surface area contributed by atoms with Gasteiger partial charge >= 0.3 is 29.6 Å². The van der Waals surface area contributed by atoms with E-state index in [1.54, 1.807) is 0 Å². The molecule has 1 unspecified atom stereocenters. The smallest absolute Gasteiger partial charge is 0.376 e. The number of nitrogens with zero attached hydrogens (tertiary/aromatic N) is 2. The average molecular weight is 406 g/mol. The first-order valence-electron chi connectivity index (χ1n) is 9.41. The van der Waals surface area contributed by atoms with Crippen LogP contribution in [-0.2, 0) is 28.7 Å². The van der Waals surface area contributed by atoms with Crippen LogP contribution in [0.1, 0.15) is 30.1 Å². The lowest BCUT2D eigenvalue weighted by molar-refractivity contribution is -0.260. The van der Waals surface area contributed by atoms with Crippen molar-refractivity contribution in [3.63, 3.8) is 0 Å². The molecular formula is C22H18N2O6. The highest BCUT2D eigenvalue weighted by Crippen LogP contribution is 2.38. The van der Waals surface area contributed by atoms with Gasteiger partial charge in [0.05, 0.1) is 6.42 Å². The van der Waals surface area contributed by atoms with E-state index < -0.39 is 35.7 Å². The Morgan fingerprint density at radius 2 is 1.70 bits per heavy atom. The molecule has 2 aromatic rings. The van der Waals surface area contributed by atoms with Crippen molar-refractivity contribution in [2.45, 2.75) is 30.7 Å². The van der Waals surface area contributed by atoms with Gasteiger partial charge in [-0.2, -0.15) is 5.06 Å². The fourth-order valence-corrected chi connectivity index (χ4v) is 3.50. The van der Waals surface area contributed by atoms with Crippen LogP contribution in [0.5, 0.6) is 0 Å². The third kappa shape index (κ3) is 3.40. The fraction of sp³-hybridized carbons (Fsp3) is 0.273. The Hall–Kier alpha value is -3.70. The molecule has 0 saturated carbocycles.